The topological polar surface area (TPSA) is 126 Å². The molecule has 5 heterocycles. The normalized spacial score (nSPS) is 15.6. The van der Waals surface area contributed by atoms with Gasteiger partial charge in [-0.25, -0.2) is 14.4 Å². The number of nitriles is 1. The molecular weight excluding hydrogens is 605 g/mol. The number of carbonyl (C=O) groups excluding carboxylic acids is 2. The Morgan fingerprint density at radius 2 is 1.93 bits per heavy atom. The number of nitrogens with zero attached hydrogens (tertiary/aromatic N) is 6. The van der Waals surface area contributed by atoms with Gasteiger partial charge >= 0.3 is 0 Å². The van der Waals surface area contributed by atoms with E-state index in [0.29, 0.717) is 35.7 Å². The van der Waals surface area contributed by atoms with E-state index < -0.39 is 17.6 Å². The maximum atomic E-state index is 14.3. The summed E-state index contributed by atoms with van der Waals surface area (Å²) in [4.78, 5) is 41.5. The molecule has 5 aromatic rings. The molecule has 0 saturated carbocycles. The number of piperidine rings is 1. The van der Waals surface area contributed by atoms with Crippen molar-refractivity contribution in [1.82, 2.24) is 29.7 Å². The summed E-state index contributed by atoms with van der Waals surface area (Å²) >= 11 is 1.58. The van der Waals surface area contributed by atoms with E-state index in [1.165, 1.54) is 12.1 Å². The highest BCUT2D eigenvalue weighted by Crippen LogP contribution is 2.30. The number of fused-ring (bicyclic) bond motifs is 1. The van der Waals surface area contributed by atoms with Crippen LogP contribution in [0.25, 0.3) is 16.6 Å². The van der Waals surface area contributed by atoms with Crippen LogP contribution in [0.1, 0.15) is 51.8 Å². The van der Waals surface area contributed by atoms with Gasteiger partial charge in [0, 0.05) is 40.4 Å². The zero-order valence-electron chi connectivity index (χ0n) is 24.6. The van der Waals surface area contributed by atoms with Gasteiger partial charge in [-0.1, -0.05) is 18.2 Å². The Labute approximate surface area is 267 Å². The van der Waals surface area contributed by atoms with Crippen LogP contribution < -0.4 is 10.1 Å². The minimum absolute atomic E-state index is 0.0272. The van der Waals surface area contributed by atoms with Gasteiger partial charge in [0.2, 0.25) is 5.88 Å². The van der Waals surface area contributed by atoms with Crippen molar-refractivity contribution in [2.75, 3.05) is 13.1 Å². The minimum atomic E-state index is -0.473. The van der Waals surface area contributed by atoms with Gasteiger partial charge in [0.15, 0.2) is 0 Å². The number of likely N-dealkylation sites (tertiary alicyclic amines) is 1. The number of rotatable bonds is 9. The Kier molecular flexibility index (Phi) is 8.09. The standard InChI is InChI=1S/C34H28FN7O3S/c35-27-12-21(15-36)4-5-24(27)19-45-33-3-1-2-28(39-33)22-8-10-41(11-9-22)18-31-38-29-7-6-23(26-14-32(43)40-34(26)44)13-30(29)42(31)17-25-16-37-20-46-25/h1-7,12-14,16,20,22H,8-11,17-19H2,(H,40,43,44). The van der Waals surface area contributed by atoms with Gasteiger partial charge in [-0.2, -0.15) is 5.26 Å². The second-order valence-electron chi connectivity index (χ2n) is 11.3. The number of aromatic nitrogens is 4. The van der Waals surface area contributed by atoms with Crippen LogP contribution in [-0.2, 0) is 29.3 Å². The van der Waals surface area contributed by atoms with Crippen molar-refractivity contribution in [3.63, 3.8) is 0 Å². The molecule has 46 heavy (non-hydrogen) atoms. The van der Waals surface area contributed by atoms with Gasteiger partial charge in [0.05, 0.1) is 46.8 Å². The molecule has 1 N–H and O–H groups in total. The first-order valence-electron chi connectivity index (χ1n) is 14.9. The number of ether oxygens (including phenoxy) is 1. The Balaban J connectivity index is 1.04. The zero-order chi connectivity index (χ0) is 31.6. The Morgan fingerprint density at radius 1 is 1.07 bits per heavy atom. The lowest BCUT2D eigenvalue weighted by molar-refractivity contribution is -0.123. The summed E-state index contributed by atoms with van der Waals surface area (Å²) in [7, 11) is 0. The van der Waals surface area contributed by atoms with Crippen molar-refractivity contribution >= 4 is 39.8 Å². The molecule has 1 fully saturated rings. The largest absolute Gasteiger partial charge is 0.473 e. The van der Waals surface area contributed by atoms with Crippen LogP contribution in [0.4, 0.5) is 4.39 Å². The van der Waals surface area contributed by atoms with Crippen LogP contribution in [-0.4, -0.2) is 49.3 Å². The fourth-order valence-corrected chi connectivity index (χ4v) is 6.53. The number of thiazole rings is 1. The molecule has 10 nitrogen and oxygen atoms in total. The molecule has 0 unspecified atom stereocenters. The molecule has 2 aliphatic heterocycles. The van der Waals surface area contributed by atoms with Gasteiger partial charge in [-0.15, -0.1) is 11.3 Å². The Bertz CT molecular complexity index is 2020. The number of benzene rings is 2. The van der Waals surface area contributed by atoms with Gasteiger partial charge < -0.3 is 9.30 Å². The Morgan fingerprint density at radius 3 is 2.67 bits per heavy atom. The van der Waals surface area contributed by atoms with Crippen molar-refractivity contribution in [3.8, 4) is 11.9 Å². The van der Waals surface area contributed by atoms with E-state index in [1.54, 1.807) is 29.5 Å². The molecule has 1 saturated heterocycles. The Hall–Kier alpha value is -5.25. The summed E-state index contributed by atoms with van der Waals surface area (Å²) in [6.45, 7) is 3.00. The first-order valence-corrected chi connectivity index (χ1v) is 15.8. The second-order valence-corrected chi connectivity index (χ2v) is 12.3. The van der Waals surface area contributed by atoms with Gasteiger partial charge in [0.25, 0.3) is 11.8 Å². The van der Waals surface area contributed by atoms with E-state index in [2.05, 4.69) is 19.8 Å². The molecule has 2 amide bonds. The maximum absolute atomic E-state index is 14.3. The van der Waals surface area contributed by atoms with Crippen LogP contribution in [0.5, 0.6) is 5.88 Å². The second kappa shape index (κ2) is 12.6. The molecule has 0 spiro atoms. The van der Waals surface area contributed by atoms with E-state index in [0.717, 1.165) is 53.4 Å². The van der Waals surface area contributed by atoms with Gasteiger partial charge in [-0.05, 0) is 61.8 Å². The summed E-state index contributed by atoms with van der Waals surface area (Å²) in [5.41, 5.74) is 6.14. The molecule has 0 aliphatic carbocycles. The molecule has 0 radical (unpaired) electrons. The van der Waals surface area contributed by atoms with Crippen molar-refractivity contribution < 1.29 is 18.7 Å². The molecular formula is C34H28FN7O3S. The molecule has 0 bridgehead atoms. The van der Waals surface area contributed by atoms with Gasteiger partial charge in [-0.3, -0.25) is 24.8 Å². The fourth-order valence-electron chi connectivity index (χ4n) is 5.95. The molecule has 3 aromatic heterocycles. The lowest BCUT2D eigenvalue weighted by atomic mass is 9.93. The van der Waals surface area contributed by atoms with Crippen LogP contribution >= 0.6 is 11.3 Å². The van der Waals surface area contributed by atoms with E-state index in [-0.39, 0.29) is 18.1 Å². The lowest BCUT2D eigenvalue weighted by Crippen LogP contribution is -2.33. The first-order chi connectivity index (χ1) is 22.4. The summed E-state index contributed by atoms with van der Waals surface area (Å²) in [6, 6.07) is 17.6. The average molecular weight is 634 g/mol. The number of imidazole rings is 1. The predicted molar refractivity (Wildman–Crippen MR) is 169 cm³/mol. The lowest BCUT2D eigenvalue weighted by Gasteiger charge is -2.31. The summed E-state index contributed by atoms with van der Waals surface area (Å²) in [6.07, 6.45) is 5.02. The minimum Gasteiger partial charge on any atom is -0.473 e. The number of amides is 2. The average Bonchev–Trinajstić information content (AvgIpc) is 3.80. The van der Waals surface area contributed by atoms with E-state index in [1.807, 2.05) is 48.1 Å². The highest BCUT2D eigenvalue weighted by Gasteiger charge is 2.26. The number of nitrogens with one attached hydrogen (secondary N) is 1. The van der Waals surface area contributed by atoms with Crippen LogP contribution in [0.3, 0.4) is 0 Å². The molecule has 12 heteroatoms. The number of halogens is 1. The summed E-state index contributed by atoms with van der Waals surface area (Å²) < 4.78 is 22.3. The van der Waals surface area contributed by atoms with Crippen LogP contribution in [0.2, 0.25) is 0 Å². The summed E-state index contributed by atoms with van der Waals surface area (Å²) in [5.74, 6) is 0.346. The molecule has 230 valence electrons. The number of hydrogen-bond acceptors (Lipinski definition) is 9. The monoisotopic (exact) mass is 633 g/mol. The van der Waals surface area contributed by atoms with Crippen molar-refractivity contribution in [1.29, 1.82) is 5.26 Å². The highest BCUT2D eigenvalue weighted by molar-refractivity contribution is 7.09. The number of hydrogen-bond donors (Lipinski definition) is 1. The predicted octanol–water partition coefficient (Wildman–Crippen LogP) is 4.95. The van der Waals surface area contributed by atoms with E-state index >= 15 is 0 Å². The van der Waals surface area contributed by atoms with Crippen LogP contribution in [0, 0.1) is 17.1 Å². The van der Waals surface area contributed by atoms with Gasteiger partial charge in [0.1, 0.15) is 18.2 Å². The molecule has 2 aromatic carbocycles. The van der Waals surface area contributed by atoms with Crippen LogP contribution in [0.15, 0.2) is 72.4 Å². The number of imide groups is 1. The molecule has 2 aliphatic rings. The fraction of sp³-hybridized carbons (Fsp3) is 0.235. The van der Waals surface area contributed by atoms with Crippen molar-refractivity contribution in [2.45, 2.75) is 38.5 Å². The smallest absolute Gasteiger partial charge is 0.258 e. The maximum Gasteiger partial charge on any atom is 0.258 e. The number of pyridine rings is 1. The van der Waals surface area contributed by atoms with Crippen molar-refractivity contribution in [2.24, 2.45) is 0 Å². The SMILES string of the molecule is N#Cc1ccc(COc2cccc(C3CCN(Cc4nc5ccc(C6=CC(=O)NC6=O)cc5n4Cc4cncs4)CC3)n2)c(F)c1. The number of carbonyl (C=O) groups is 2. The third kappa shape index (κ3) is 6.15. The zero-order valence-corrected chi connectivity index (χ0v) is 25.5. The van der Waals surface area contributed by atoms with E-state index in [9.17, 15) is 14.0 Å². The summed E-state index contributed by atoms with van der Waals surface area (Å²) in [5, 5.41) is 11.3. The highest BCUT2D eigenvalue weighted by atomic mass is 32.1. The quantitative estimate of drug-likeness (QED) is 0.226. The third-order valence-electron chi connectivity index (χ3n) is 8.37. The molecule has 0 atom stereocenters. The molecule has 7 rings (SSSR count). The van der Waals surface area contributed by atoms with E-state index in [4.69, 9.17) is 20.0 Å². The van der Waals surface area contributed by atoms with Crippen molar-refractivity contribution in [3.05, 3.63) is 111 Å². The first kappa shape index (κ1) is 29.5. The third-order valence-corrected chi connectivity index (χ3v) is 9.13.